The van der Waals surface area contributed by atoms with Crippen LogP contribution < -0.4 is 4.74 Å². The average molecular weight is 488 g/mol. The van der Waals surface area contributed by atoms with Gasteiger partial charge in [0.15, 0.2) is 11.0 Å². The Kier molecular flexibility index (Phi) is 8.57. The lowest BCUT2D eigenvalue weighted by Gasteiger charge is -2.14. The molecule has 0 spiro atoms. The summed E-state index contributed by atoms with van der Waals surface area (Å²) in [5.74, 6) is 1.61. The van der Waals surface area contributed by atoms with E-state index in [4.69, 9.17) is 9.84 Å². The number of unbranched alkanes of at least 4 members (excludes halogenated alkanes) is 1. The molecule has 4 aromatic rings. The molecule has 0 bridgehead atoms. The Morgan fingerprint density at radius 1 is 0.943 bits per heavy atom. The summed E-state index contributed by atoms with van der Waals surface area (Å²) in [5, 5.41) is 18.5. The van der Waals surface area contributed by atoms with Gasteiger partial charge in [0.25, 0.3) is 0 Å². The molecular formula is C28H29N3O3S. The van der Waals surface area contributed by atoms with Crippen LogP contribution in [0.4, 0.5) is 0 Å². The topological polar surface area (TPSA) is 77.2 Å². The summed E-state index contributed by atoms with van der Waals surface area (Å²) in [6, 6.07) is 26.6. The molecule has 0 saturated heterocycles. The van der Waals surface area contributed by atoms with Gasteiger partial charge in [-0.25, -0.2) is 0 Å². The van der Waals surface area contributed by atoms with E-state index < -0.39 is 5.97 Å². The van der Waals surface area contributed by atoms with E-state index in [1.165, 1.54) is 0 Å². The summed E-state index contributed by atoms with van der Waals surface area (Å²) >= 11 is 1.60. The van der Waals surface area contributed by atoms with Crippen molar-refractivity contribution in [3.05, 3.63) is 95.8 Å². The zero-order valence-electron chi connectivity index (χ0n) is 19.8. The Morgan fingerprint density at radius 3 is 2.43 bits per heavy atom. The van der Waals surface area contributed by atoms with E-state index in [1.54, 1.807) is 11.8 Å². The highest BCUT2D eigenvalue weighted by Crippen LogP contribution is 2.30. The summed E-state index contributed by atoms with van der Waals surface area (Å²) in [5.41, 5.74) is 4.54. The number of aromatic nitrogens is 3. The van der Waals surface area contributed by atoms with Gasteiger partial charge in [-0.05, 0) is 48.1 Å². The van der Waals surface area contributed by atoms with Crippen molar-refractivity contribution in [2.24, 2.45) is 0 Å². The lowest BCUT2D eigenvalue weighted by molar-refractivity contribution is -0.137. The van der Waals surface area contributed by atoms with E-state index >= 15 is 0 Å². The molecule has 1 aromatic heterocycles. The molecule has 0 atom stereocenters. The molecule has 35 heavy (non-hydrogen) atoms. The van der Waals surface area contributed by atoms with Crippen molar-refractivity contribution in [1.29, 1.82) is 0 Å². The third-order valence-corrected chi connectivity index (χ3v) is 6.77. The number of aliphatic carboxylic acids is 1. The van der Waals surface area contributed by atoms with Crippen LogP contribution in [-0.2, 0) is 17.9 Å². The van der Waals surface area contributed by atoms with Crippen molar-refractivity contribution in [3.8, 4) is 16.9 Å². The van der Waals surface area contributed by atoms with Gasteiger partial charge in [-0.3, -0.25) is 9.36 Å². The van der Waals surface area contributed by atoms with Crippen molar-refractivity contribution in [1.82, 2.24) is 14.8 Å². The number of nitrogens with zero attached hydrogens (tertiary/aromatic N) is 3. The highest BCUT2D eigenvalue weighted by Gasteiger charge is 2.15. The van der Waals surface area contributed by atoms with Gasteiger partial charge >= 0.3 is 5.97 Å². The van der Waals surface area contributed by atoms with E-state index in [0.29, 0.717) is 19.6 Å². The van der Waals surface area contributed by atoms with Crippen molar-refractivity contribution >= 4 is 17.7 Å². The van der Waals surface area contributed by atoms with Crippen molar-refractivity contribution in [3.63, 3.8) is 0 Å². The van der Waals surface area contributed by atoms with Crippen LogP contribution in [0, 0.1) is 6.92 Å². The van der Waals surface area contributed by atoms with Crippen LogP contribution in [0.2, 0.25) is 0 Å². The second-order valence-corrected chi connectivity index (χ2v) is 9.32. The van der Waals surface area contributed by atoms with Gasteiger partial charge in [0.1, 0.15) is 12.4 Å². The van der Waals surface area contributed by atoms with Gasteiger partial charge in [0.05, 0.1) is 6.54 Å². The molecule has 0 unspecified atom stereocenters. The number of hydrogen-bond acceptors (Lipinski definition) is 5. The number of ether oxygens (including phenoxy) is 1. The maximum atomic E-state index is 10.8. The lowest BCUT2D eigenvalue weighted by Crippen LogP contribution is -2.10. The molecule has 7 heteroatoms. The maximum absolute atomic E-state index is 10.8. The SMILES string of the molecule is Cc1c(OCc2nnc(SCCCCC(=O)O)n2Cc2ccccc2)cccc1-c1ccccc1. The fourth-order valence-corrected chi connectivity index (χ4v) is 4.80. The molecular weight excluding hydrogens is 458 g/mol. The predicted molar refractivity (Wildman–Crippen MR) is 139 cm³/mol. The van der Waals surface area contributed by atoms with Crippen molar-refractivity contribution in [2.45, 2.75) is 44.5 Å². The number of hydrogen-bond donors (Lipinski definition) is 1. The van der Waals surface area contributed by atoms with Crippen LogP contribution in [0.3, 0.4) is 0 Å². The van der Waals surface area contributed by atoms with Crippen LogP contribution >= 0.6 is 11.8 Å². The Hall–Kier alpha value is -3.58. The quantitative estimate of drug-likeness (QED) is 0.189. The zero-order valence-corrected chi connectivity index (χ0v) is 20.6. The monoisotopic (exact) mass is 487 g/mol. The molecule has 0 aliphatic carbocycles. The average Bonchev–Trinajstić information content (AvgIpc) is 3.25. The standard InChI is InChI=1S/C28H29N3O3S/c1-21-24(23-13-6-3-7-14-23)15-10-16-25(21)34-20-26-29-30-28(35-18-9-8-17-27(32)33)31(26)19-22-11-4-2-5-12-22/h2-7,10-16H,8-9,17-20H2,1H3,(H,32,33). The number of rotatable bonds is 12. The minimum atomic E-state index is -0.756. The first-order valence-electron chi connectivity index (χ1n) is 11.7. The van der Waals surface area contributed by atoms with Crippen LogP contribution in [0.1, 0.15) is 36.2 Å². The maximum Gasteiger partial charge on any atom is 0.303 e. The first-order valence-corrected chi connectivity index (χ1v) is 12.7. The van der Waals surface area contributed by atoms with E-state index in [1.807, 2.05) is 48.5 Å². The van der Waals surface area contributed by atoms with Crippen molar-refractivity contribution < 1.29 is 14.6 Å². The van der Waals surface area contributed by atoms with Gasteiger partial charge in [-0.1, -0.05) is 84.6 Å². The van der Waals surface area contributed by atoms with E-state index in [0.717, 1.165) is 51.2 Å². The molecule has 4 rings (SSSR count). The van der Waals surface area contributed by atoms with Gasteiger partial charge < -0.3 is 9.84 Å². The van der Waals surface area contributed by atoms with Crippen molar-refractivity contribution in [2.75, 3.05) is 5.75 Å². The van der Waals surface area contributed by atoms with Crippen LogP contribution in [0.5, 0.6) is 5.75 Å². The molecule has 0 aliphatic rings. The molecule has 3 aromatic carbocycles. The summed E-state index contributed by atoms with van der Waals surface area (Å²) in [7, 11) is 0. The first kappa shape index (κ1) is 24.5. The Bertz CT molecular complexity index is 1240. The Balaban J connectivity index is 1.50. The number of carboxylic acids is 1. The minimum absolute atomic E-state index is 0.192. The molecule has 0 fully saturated rings. The number of thioether (sulfide) groups is 1. The molecule has 0 saturated carbocycles. The normalized spacial score (nSPS) is 10.9. The number of carboxylic acid groups (broad SMARTS) is 1. The summed E-state index contributed by atoms with van der Waals surface area (Å²) in [4.78, 5) is 10.8. The highest BCUT2D eigenvalue weighted by molar-refractivity contribution is 7.99. The van der Waals surface area contributed by atoms with Crippen LogP contribution in [-0.4, -0.2) is 31.6 Å². The van der Waals surface area contributed by atoms with E-state index in [-0.39, 0.29) is 6.42 Å². The smallest absolute Gasteiger partial charge is 0.303 e. The largest absolute Gasteiger partial charge is 0.485 e. The van der Waals surface area contributed by atoms with Gasteiger partial charge in [0, 0.05) is 12.2 Å². The van der Waals surface area contributed by atoms with Gasteiger partial charge in [-0.2, -0.15) is 0 Å². The lowest BCUT2D eigenvalue weighted by atomic mass is 10.00. The third-order valence-electron chi connectivity index (χ3n) is 5.72. The fraction of sp³-hybridized carbons (Fsp3) is 0.250. The van der Waals surface area contributed by atoms with Gasteiger partial charge in [-0.15, -0.1) is 10.2 Å². The molecule has 1 N–H and O–H groups in total. The minimum Gasteiger partial charge on any atom is -0.485 e. The number of benzene rings is 3. The Morgan fingerprint density at radius 2 is 1.69 bits per heavy atom. The zero-order chi connectivity index (χ0) is 24.5. The fourth-order valence-electron chi connectivity index (χ4n) is 3.84. The molecule has 6 nitrogen and oxygen atoms in total. The Labute approximate surface area is 210 Å². The third kappa shape index (κ3) is 6.73. The van der Waals surface area contributed by atoms with Gasteiger partial charge in [0.2, 0.25) is 0 Å². The number of carbonyl (C=O) groups is 1. The van der Waals surface area contributed by atoms with Crippen LogP contribution in [0.25, 0.3) is 11.1 Å². The second-order valence-electron chi connectivity index (χ2n) is 8.25. The molecule has 0 amide bonds. The summed E-state index contributed by atoms with van der Waals surface area (Å²) < 4.78 is 8.34. The summed E-state index contributed by atoms with van der Waals surface area (Å²) in [6.07, 6.45) is 1.66. The highest BCUT2D eigenvalue weighted by atomic mass is 32.2. The van der Waals surface area contributed by atoms with Crippen LogP contribution in [0.15, 0.2) is 84.0 Å². The first-order chi connectivity index (χ1) is 17.1. The molecule has 0 aliphatic heterocycles. The molecule has 1 heterocycles. The molecule has 180 valence electrons. The summed E-state index contributed by atoms with van der Waals surface area (Å²) in [6.45, 7) is 3.02. The molecule has 0 radical (unpaired) electrons. The second kappa shape index (κ2) is 12.2. The van der Waals surface area contributed by atoms with E-state index in [9.17, 15) is 4.79 Å². The van der Waals surface area contributed by atoms with E-state index in [2.05, 4.69) is 52.0 Å². The predicted octanol–water partition coefficient (Wildman–Crippen LogP) is 6.23.